The Hall–Kier alpha value is -1.92. The van der Waals surface area contributed by atoms with Crippen LogP contribution in [0.4, 0.5) is 5.69 Å². The first-order valence-corrected chi connectivity index (χ1v) is 7.10. The van der Waals surface area contributed by atoms with E-state index in [1.165, 1.54) is 0 Å². The Morgan fingerprint density at radius 3 is 2.23 bits per heavy atom. The first-order chi connectivity index (χ1) is 10.5. The number of hydrogen-bond acceptors (Lipinski definition) is 4. The minimum atomic E-state index is -1.58. The second kappa shape index (κ2) is 7.38. The lowest BCUT2D eigenvalue weighted by Crippen LogP contribution is -2.33. The highest BCUT2D eigenvalue weighted by Crippen LogP contribution is 2.20. The lowest BCUT2D eigenvalue weighted by Gasteiger charge is -2.18. The number of aliphatic hydroxyl groups is 2. The van der Waals surface area contributed by atoms with Crippen LogP contribution in [-0.2, 0) is 11.3 Å². The van der Waals surface area contributed by atoms with Gasteiger partial charge in [-0.05, 0) is 35.4 Å². The van der Waals surface area contributed by atoms with Crippen LogP contribution in [0.2, 0.25) is 5.02 Å². The third-order valence-electron chi connectivity index (χ3n) is 3.24. The number of nitrogens with one attached hydrogen (secondary N) is 1. The van der Waals surface area contributed by atoms with Gasteiger partial charge < -0.3 is 21.3 Å². The molecule has 5 N–H and O–H groups in total. The predicted molar refractivity (Wildman–Crippen MR) is 85.4 cm³/mol. The summed E-state index contributed by atoms with van der Waals surface area (Å²) >= 11 is 5.75. The second-order valence-corrected chi connectivity index (χ2v) is 5.27. The van der Waals surface area contributed by atoms with Gasteiger partial charge >= 0.3 is 0 Å². The van der Waals surface area contributed by atoms with Gasteiger partial charge in [-0.2, -0.15) is 0 Å². The van der Waals surface area contributed by atoms with E-state index in [2.05, 4.69) is 5.32 Å². The topological polar surface area (TPSA) is 95.6 Å². The highest BCUT2D eigenvalue weighted by atomic mass is 35.5. The quantitative estimate of drug-likeness (QED) is 0.676. The van der Waals surface area contributed by atoms with Gasteiger partial charge in [0, 0.05) is 17.3 Å². The van der Waals surface area contributed by atoms with Crippen molar-refractivity contribution < 1.29 is 15.0 Å². The van der Waals surface area contributed by atoms with Crippen molar-refractivity contribution in [2.75, 3.05) is 5.32 Å². The van der Waals surface area contributed by atoms with Crippen LogP contribution in [0.25, 0.3) is 0 Å². The van der Waals surface area contributed by atoms with Crippen LogP contribution in [-0.4, -0.2) is 22.2 Å². The van der Waals surface area contributed by atoms with Crippen molar-refractivity contribution >= 4 is 23.2 Å². The maximum Gasteiger partial charge on any atom is 0.256 e. The SMILES string of the molecule is NCc1ccc(C(O)C(O)C(=O)Nc2ccc(Cl)cc2)cc1. The lowest BCUT2D eigenvalue weighted by atomic mass is 10.0. The first-order valence-electron chi connectivity index (χ1n) is 6.72. The molecule has 0 fully saturated rings. The molecule has 0 aliphatic rings. The Kier molecular flexibility index (Phi) is 5.51. The van der Waals surface area contributed by atoms with Crippen molar-refractivity contribution in [2.24, 2.45) is 5.73 Å². The van der Waals surface area contributed by atoms with Crippen molar-refractivity contribution in [1.82, 2.24) is 0 Å². The fourth-order valence-corrected chi connectivity index (χ4v) is 2.05. The van der Waals surface area contributed by atoms with Crippen molar-refractivity contribution in [3.63, 3.8) is 0 Å². The fraction of sp³-hybridized carbons (Fsp3) is 0.188. The van der Waals surface area contributed by atoms with Crippen LogP contribution in [0.1, 0.15) is 17.2 Å². The summed E-state index contributed by atoms with van der Waals surface area (Å²) in [4.78, 5) is 12.0. The highest BCUT2D eigenvalue weighted by Gasteiger charge is 2.25. The normalized spacial score (nSPS) is 13.5. The Morgan fingerprint density at radius 2 is 1.68 bits per heavy atom. The van der Waals surface area contributed by atoms with Gasteiger partial charge in [-0.25, -0.2) is 0 Å². The van der Waals surface area contributed by atoms with E-state index in [-0.39, 0.29) is 0 Å². The zero-order chi connectivity index (χ0) is 16.1. The third kappa shape index (κ3) is 4.05. The van der Waals surface area contributed by atoms with Crippen LogP contribution < -0.4 is 11.1 Å². The van der Waals surface area contributed by atoms with E-state index in [1.54, 1.807) is 48.5 Å². The Bertz CT molecular complexity index is 629. The van der Waals surface area contributed by atoms with Crippen LogP contribution in [0.3, 0.4) is 0 Å². The summed E-state index contributed by atoms with van der Waals surface area (Å²) in [6.45, 7) is 0.385. The van der Waals surface area contributed by atoms with Gasteiger partial charge in [0.2, 0.25) is 0 Å². The molecule has 0 spiro atoms. The summed E-state index contributed by atoms with van der Waals surface area (Å²) in [5.41, 5.74) is 7.32. The number of carbonyl (C=O) groups excluding carboxylic acids is 1. The predicted octanol–water partition coefficient (Wildman–Crippen LogP) is 1.83. The maximum absolute atomic E-state index is 12.0. The van der Waals surface area contributed by atoms with Crippen molar-refractivity contribution in [3.8, 4) is 0 Å². The zero-order valence-corrected chi connectivity index (χ0v) is 12.5. The number of rotatable bonds is 5. The van der Waals surface area contributed by atoms with Crippen LogP contribution >= 0.6 is 11.6 Å². The molecule has 0 aliphatic carbocycles. The summed E-state index contributed by atoms with van der Waals surface area (Å²) in [5.74, 6) is -0.697. The summed E-state index contributed by atoms with van der Waals surface area (Å²) in [5, 5.41) is 23.1. The van der Waals surface area contributed by atoms with E-state index in [0.29, 0.717) is 22.8 Å². The first kappa shape index (κ1) is 16.5. The minimum absolute atomic E-state index is 0.385. The van der Waals surface area contributed by atoms with E-state index >= 15 is 0 Å². The molecular weight excluding hydrogens is 304 g/mol. The standard InChI is InChI=1S/C16H17ClN2O3/c17-12-5-7-13(8-6-12)19-16(22)15(21)14(20)11-3-1-10(9-18)2-4-11/h1-8,14-15,20-21H,9,18H2,(H,19,22). The molecule has 2 rings (SSSR count). The van der Waals surface area contributed by atoms with Gasteiger partial charge in [0.05, 0.1) is 0 Å². The van der Waals surface area contributed by atoms with Crippen LogP contribution in [0, 0.1) is 0 Å². The number of carbonyl (C=O) groups is 1. The Balaban J connectivity index is 2.03. The third-order valence-corrected chi connectivity index (χ3v) is 3.49. The van der Waals surface area contributed by atoms with E-state index < -0.39 is 18.1 Å². The molecule has 0 aromatic heterocycles. The molecule has 22 heavy (non-hydrogen) atoms. The molecule has 0 saturated heterocycles. The molecule has 5 nitrogen and oxygen atoms in total. The van der Waals surface area contributed by atoms with Gasteiger partial charge in [-0.1, -0.05) is 35.9 Å². The number of aliphatic hydroxyl groups excluding tert-OH is 2. The van der Waals surface area contributed by atoms with Gasteiger partial charge in [-0.15, -0.1) is 0 Å². The molecule has 0 bridgehead atoms. The Morgan fingerprint density at radius 1 is 1.09 bits per heavy atom. The molecule has 1 amide bonds. The van der Waals surface area contributed by atoms with Crippen molar-refractivity contribution in [2.45, 2.75) is 18.8 Å². The molecule has 2 atom stereocenters. The number of amides is 1. The number of hydrogen-bond donors (Lipinski definition) is 4. The molecule has 2 aromatic carbocycles. The molecule has 2 aromatic rings. The number of benzene rings is 2. The summed E-state index contributed by atoms with van der Waals surface area (Å²) in [6, 6.07) is 13.2. The summed E-state index contributed by atoms with van der Waals surface area (Å²) in [6.07, 6.45) is -2.90. The molecule has 2 unspecified atom stereocenters. The van der Waals surface area contributed by atoms with Gasteiger partial charge in [0.1, 0.15) is 6.10 Å². The van der Waals surface area contributed by atoms with Gasteiger partial charge in [0.15, 0.2) is 6.10 Å². The van der Waals surface area contributed by atoms with Gasteiger partial charge in [-0.3, -0.25) is 4.79 Å². The average Bonchev–Trinajstić information content (AvgIpc) is 2.55. The molecule has 116 valence electrons. The van der Waals surface area contributed by atoms with Crippen LogP contribution in [0.5, 0.6) is 0 Å². The van der Waals surface area contributed by atoms with E-state index in [4.69, 9.17) is 17.3 Å². The average molecular weight is 321 g/mol. The zero-order valence-electron chi connectivity index (χ0n) is 11.7. The molecular formula is C16H17ClN2O3. The summed E-state index contributed by atoms with van der Waals surface area (Å²) in [7, 11) is 0. The molecule has 0 radical (unpaired) electrons. The maximum atomic E-state index is 12.0. The van der Waals surface area contributed by atoms with Crippen molar-refractivity contribution in [1.29, 1.82) is 0 Å². The Labute approximate surface area is 133 Å². The smallest absolute Gasteiger partial charge is 0.256 e. The molecule has 0 saturated carbocycles. The monoisotopic (exact) mass is 320 g/mol. The molecule has 6 heteroatoms. The summed E-state index contributed by atoms with van der Waals surface area (Å²) < 4.78 is 0. The van der Waals surface area contributed by atoms with E-state index in [1.807, 2.05) is 0 Å². The van der Waals surface area contributed by atoms with E-state index in [0.717, 1.165) is 5.56 Å². The number of nitrogens with two attached hydrogens (primary N) is 1. The number of halogens is 1. The highest BCUT2D eigenvalue weighted by molar-refractivity contribution is 6.30. The van der Waals surface area contributed by atoms with E-state index in [9.17, 15) is 15.0 Å². The fourth-order valence-electron chi connectivity index (χ4n) is 1.93. The minimum Gasteiger partial charge on any atom is -0.385 e. The van der Waals surface area contributed by atoms with Gasteiger partial charge in [0.25, 0.3) is 5.91 Å². The van der Waals surface area contributed by atoms with Crippen molar-refractivity contribution in [3.05, 3.63) is 64.7 Å². The lowest BCUT2D eigenvalue weighted by molar-refractivity contribution is -0.129. The second-order valence-electron chi connectivity index (χ2n) is 4.83. The number of anilines is 1. The molecule has 0 heterocycles. The van der Waals surface area contributed by atoms with Crippen LogP contribution in [0.15, 0.2) is 48.5 Å². The molecule has 0 aliphatic heterocycles. The largest absolute Gasteiger partial charge is 0.385 e.